The first kappa shape index (κ1) is 18.0. The van der Waals surface area contributed by atoms with Crippen molar-refractivity contribution < 1.29 is 18.4 Å². The van der Waals surface area contributed by atoms with E-state index in [-0.39, 0.29) is 11.2 Å². The molecule has 2 fully saturated rings. The first-order valence-electron chi connectivity index (χ1n) is 9.42. The molecule has 0 aliphatic carbocycles. The summed E-state index contributed by atoms with van der Waals surface area (Å²) in [5.41, 5.74) is 1.04. The maximum Gasteiger partial charge on any atom is 0.261 e. The van der Waals surface area contributed by atoms with Crippen molar-refractivity contribution in [2.45, 2.75) is 25.6 Å². The summed E-state index contributed by atoms with van der Waals surface area (Å²) in [7, 11) is 0. The lowest BCUT2D eigenvalue weighted by molar-refractivity contribution is -0.169. The Morgan fingerprint density at radius 3 is 2.55 bits per heavy atom. The number of nitrogens with zero attached hydrogens (tertiary/aromatic N) is 5. The second-order valence-corrected chi connectivity index (χ2v) is 7.21. The summed E-state index contributed by atoms with van der Waals surface area (Å²) in [6.45, 7) is 11.4. The highest BCUT2D eigenvalue weighted by atomic mass is 19.1. The molecule has 0 saturated carbocycles. The topological polar surface area (TPSA) is 77.9 Å². The van der Waals surface area contributed by atoms with Gasteiger partial charge in [0, 0.05) is 25.9 Å². The number of rotatable bonds is 2. The van der Waals surface area contributed by atoms with Gasteiger partial charge in [-0.05, 0) is 30.5 Å². The van der Waals surface area contributed by atoms with Gasteiger partial charge in [-0.2, -0.15) is 4.98 Å². The Kier molecular flexibility index (Phi) is 4.19. The summed E-state index contributed by atoms with van der Waals surface area (Å²) >= 11 is 0. The fourth-order valence-electron chi connectivity index (χ4n) is 3.93. The van der Waals surface area contributed by atoms with E-state index in [4.69, 9.17) is 20.6 Å². The highest BCUT2D eigenvalue weighted by molar-refractivity contribution is 5.90. The number of hydrogen-bond donors (Lipinski definition) is 0. The predicted octanol–water partition coefficient (Wildman–Crippen LogP) is 3.63. The average molecular weight is 395 g/mol. The lowest BCUT2D eigenvalue weighted by Crippen LogP contribution is -2.45. The largest absolute Gasteiger partial charge is 0.356 e. The molecule has 2 aromatic heterocycles. The van der Waals surface area contributed by atoms with Crippen molar-refractivity contribution in [3.05, 3.63) is 41.3 Å². The van der Waals surface area contributed by atoms with Gasteiger partial charge >= 0.3 is 0 Å². The molecule has 2 aliphatic rings. The number of anilines is 1. The van der Waals surface area contributed by atoms with E-state index in [1.54, 1.807) is 19.1 Å². The molecule has 1 spiro atoms. The van der Waals surface area contributed by atoms with Crippen molar-refractivity contribution in [1.29, 1.82) is 0 Å². The minimum Gasteiger partial charge on any atom is -0.356 e. The lowest BCUT2D eigenvalue weighted by atomic mass is 10.0. The number of aromatic nitrogens is 3. The fraction of sp³-hybridized carbons (Fsp3) is 0.400. The number of piperidine rings is 1. The number of halogens is 1. The van der Waals surface area contributed by atoms with E-state index < -0.39 is 11.6 Å². The van der Waals surface area contributed by atoms with Crippen molar-refractivity contribution in [3.63, 3.8) is 0 Å². The highest BCUT2D eigenvalue weighted by Gasteiger charge is 2.40. The van der Waals surface area contributed by atoms with Crippen molar-refractivity contribution in [2.24, 2.45) is 0 Å². The molecule has 1 aromatic carbocycles. The Morgan fingerprint density at radius 2 is 1.90 bits per heavy atom. The van der Waals surface area contributed by atoms with Crippen molar-refractivity contribution >= 4 is 22.4 Å². The van der Waals surface area contributed by atoms with Gasteiger partial charge in [-0.1, -0.05) is 5.16 Å². The Labute approximate surface area is 166 Å². The predicted molar refractivity (Wildman–Crippen MR) is 102 cm³/mol. The monoisotopic (exact) mass is 395 g/mol. The summed E-state index contributed by atoms with van der Waals surface area (Å²) in [5, 5.41) is 4.39. The zero-order valence-electron chi connectivity index (χ0n) is 15.8. The Hall–Kier alpha value is -3.09. The highest BCUT2D eigenvalue weighted by Crippen LogP contribution is 2.38. The van der Waals surface area contributed by atoms with Crippen molar-refractivity contribution in [3.8, 4) is 11.5 Å². The molecule has 0 amide bonds. The number of fused-ring (bicyclic) bond motifs is 1. The van der Waals surface area contributed by atoms with E-state index in [1.165, 1.54) is 6.07 Å². The van der Waals surface area contributed by atoms with Gasteiger partial charge in [-0.25, -0.2) is 14.2 Å². The molecule has 0 atom stereocenters. The molecule has 0 N–H and O–H groups in total. The van der Waals surface area contributed by atoms with Crippen LogP contribution in [-0.2, 0) is 9.47 Å². The smallest absolute Gasteiger partial charge is 0.261 e. The van der Waals surface area contributed by atoms with Gasteiger partial charge in [0.25, 0.3) is 5.89 Å². The van der Waals surface area contributed by atoms with Crippen molar-refractivity contribution in [1.82, 2.24) is 15.1 Å². The molecular weight excluding hydrogens is 377 g/mol. The fourth-order valence-corrected chi connectivity index (χ4v) is 3.93. The van der Waals surface area contributed by atoms with Gasteiger partial charge in [0.15, 0.2) is 17.3 Å². The summed E-state index contributed by atoms with van der Waals surface area (Å²) in [5.74, 6) is 0.332. The molecule has 9 heteroatoms. The number of benzene rings is 1. The van der Waals surface area contributed by atoms with E-state index in [1.807, 2.05) is 0 Å². The third-order valence-corrected chi connectivity index (χ3v) is 5.36. The molecular formula is C20H18FN5O3. The Balaban J connectivity index is 1.61. The molecule has 0 radical (unpaired) electrons. The number of hydrogen-bond acceptors (Lipinski definition) is 7. The molecule has 0 bridgehead atoms. The number of ether oxygens (including phenoxy) is 2. The molecule has 148 valence electrons. The minimum absolute atomic E-state index is 0.209. The van der Waals surface area contributed by atoms with Crippen LogP contribution in [0.1, 0.15) is 18.7 Å². The van der Waals surface area contributed by atoms with Crippen LogP contribution in [0.15, 0.2) is 22.7 Å². The van der Waals surface area contributed by atoms with Crippen LogP contribution < -0.4 is 4.90 Å². The van der Waals surface area contributed by atoms with Crippen LogP contribution >= 0.6 is 0 Å². The summed E-state index contributed by atoms with van der Waals surface area (Å²) in [6.07, 6.45) is 1.38. The maximum absolute atomic E-state index is 14.6. The lowest BCUT2D eigenvalue weighted by Gasteiger charge is -2.38. The maximum atomic E-state index is 14.6. The van der Waals surface area contributed by atoms with Crippen LogP contribution in [-0.4, -0.2) is 47.2 Å². The van der Waals surface area contributed by atoms with Gasteiger partial charge in [0.1, 0.15) is 17.2 Å². The third-order valence-electron chi connectivity index (χ3n) is 5.36. The van der Waals surface area contributed by atoms with Gasteiger partial charge in [-0.15, -0.1) is 0 Å². The standard InChI is InChI=1S/C20H18FN5O3/c1-12-23-19(29-25-12)15-10-13-9-14(22-2)11-16(21)17(13)24-18(15)26-5-3-20(4-6-26)27-7-8-28-20/h9-11H,3-8H2,1H3. The Bertz CT molecular complexity index is 1120. The summed E-state index contributed by atoms with van der Waals surface area (Å²) in [4.78, 5) is 14.3. The van der Waals surface area contributed by atoms with Crippen LogP contribution in [0.2, 0.25) is 0 Å². The quantitative estimate of drug-likeness (QED) is 0.613. The van der Waals surface area contributed by atoms with Crippen LogP contribution in [0, 0.1) is 19.3 Å². The summed E-state index contributed by atoms with van der Waals surface area (Å²) < 4.78 is 31.6. The van der Waals surface area contributed by atoms with E-state index in [0.717, 1.165) is 0 Å². The molecule has 3 aromatic rings. The molecule has 5 rings (SSSR count). The van der Waals surface area contributed by atoms with E-state index >= 15 is 0 Å². The van der Waals surface area contributed by atoms with Crippen LogP contribution in [0.4, 0.5) is 15.9 Å². The molecule has 0 unspecified atom stereocenters. The first-order chi connectivity index (χ1) is 14.1. The van der Waals surface area contributed by atoms with Gasteiger partial charge < -0.3 is 18.9 Å². The zero-order chi connectivity index (χ0) is 20.0. The normalized spacial score (nSPS) is 18.4. The van der Waals surface area contributed by atoms with Crippen LogP contribution in [0.3, 0.4) is 0 Å². The molecule has 4 heterocycles. The average Bonchev–Trinajstić information content (AvgIpc) is 3.37. The molecule has 29 heavy (non-hydrogen) atoms. The molecule has 8 nitrogen and oxygen atoms in total. The SMILES string of the molecule is [C-]#[N+]c1cc(F)c2nc(N3CCC4(CC3)OCCO4)c(-c3nc(C)no3)cc2c1. The molecule has 2 saturated heterocycles. The second-order valence-electron chi connectivity index (χ2n) is 7.21. The Morgan fingerprint density at radius 1 is 1.14 bits per heavy atom. The second kappa shape index (κ2) is 6.76. The van der Waals surface area contributed by atoms with E-state index in [2.05, 4.69) is 24.9 Å². The number of pyridine rings is 1. The van der Waals surface area contributed by atoms with Crippen molar-refractivity contribution in [2.75, 3.05) is 31.2 Å². The van der Waals surface area contributed by atoms with E-state index in [0.29, 0.717) is 67.6 Å². The third kappa shape index (κ3) is 3.10. The van der Waals surface area contributed by atoms with Gasteiger partial charge in [-0.3, -0.25) is 0 Å². The van der Waals surface area contributed by atoms with Gasteiger partial charge in [0.05, 0.1) is 25.3 Å². The minimum atomic E-state index is -0.529. The first-order valence-corrected chi connectivity index (χ1v) is 9.42. The number of aryl methyl sites for hydroxylation is 1. The zero-order valence-corrected chi connectivity index (χ0v) is 15.8. The van der Waals surface area contributed by atoms with Crippen LogP contribution in [0.5, 0.6) is 0 Å². The van der Waals surface area contributed by atoms with E-state index in [9.17, 15) is 4.39 Å². The summed E-state index contributed by atoms with van der Waals surface area (Å²) in [6, 6.07) is 4.57. The van der Waals surface area contributed by atoms with Crippen LogP contribution in [0.25, 0.3) is 27.2 Å². The molecule has 2 aliphatic heterocycles. The van der Waals surface area contributed by atoms with Gasteiger partial charge in [0.2, 0.25) is 0 Å².